The fraction of sp³-hybridized carbons (Fsp3) is 0.558. The van der Waals surface area contributed by atoms with Gasteiger partial charge in [-0.3, -0.25) is 4.79 Å². The topological polar surface area (TPSA) is 139 Å². The smallest absolute Gasteiger partial charge is 0.162 e. The fourth-order valence-electron chi connectivity index (χ4n) is 8.81. The standard InChI is InChI=1S/C43H58N2O5S2/c1-29-9-4-11-31-12-7-16-35(28-52-51-24-20-31)50-27-34(15-5-10-29)37-19-22-43(40(37)48)38(17-8-23-46)36(18-21-42(43,3)49)30(2)39(47)26-32-13-6-14-33(25-32)41(44)45/h5-6,10-11,13-15,25,35,37-38,40-41,46,48-49H,1,4,8-9,12,17-24,26-28,44-45H2,2-3H3. The molecule has 4 aliphatic rings. The van der Waals surface area contributed by atoms with Crippen molar-refractivity contribution >= 4 is 27.4 Å². The Morgan fingerprint density at radius 3 is 2.81 bits per heavy atom. The van der Waals surface area contributed by atoms with E-state index in [9.17, 15) is 20.1 Å². The SMILES string of the molecule is C=C1C=CC=C(C2CCC3(C(CCCO)C(=C(C)C(=O)Cc4cccc(C(N)N)c4)CCC3(C)O)C2O)COC2C#CCC(=CCC1)CCSSC2. The normalized spacial score (nSPS) is 31.4. The number of hydrogen-bond donors (Lipinski definition) is 5. The van der Waals surface area contributed by atoms with Crippen molar-refractivity contribution in [1.29, 1.82) is 0 Å². The number of nitrogens with two attached hydrogens (primary N) is 2. The molecule has 2 saturated carbocycles. The molecular formula is C43H58N2O5S2. The van der Waals surface area contributed by atoms with Crippen molar-refractivity contribution in [2.45, 2.75) is 108 Å². The van der Waals surface area contributed by atoms with E-state index >= 15 is 0 Å². The highest BCUT2D eigenvalue weighted by Crippen LogP contribution is 2.63. The lowest BCUT2D eigenvalue weighted by atomic mass is 9.52. The van der Waals surface area contributed by atoms with E-state index in [0.29, 0.717) is 50.7 Å². The average Bonchev–Trinajstić information content (AvgIpc) is 3.46. The first kappa shape index (κ1) is 40.8. The number of rotatable bonds is 8. The molecule has 5 rings (SSSR count). The molecule has 6 atom stereocenters. The third-order valence-corrected chi connectivity index (χ3v) is 14.2. The Bertz CT molecular complexity index is 1630. The molecule has 7 N–H and O–H groups in total. The van der Waals surface area contributed by atoms with Crippen molar-refractivity contribution in [1.82, 2.24) is 0 Å². The third-order valence-electron chi connectivity index (χ3n) is 11.8. The van der Waals surface area contributed by atoms with Crippen LogP contribution in [0.5, 0.6) is 0 Å². The second kappa shape index (κ2) is 18.8. The van der Waals surface area contributed by atoms with Crippen molar-refractivity contribution < 1.29 is 24.9 Å². The molecule has 2 aliphatic heterocycles. The molecule has 6 unspecified atom stereocenters. The van der Waals surface area contributed by atoms with Crippen LogP contribution in [0, 0.1) is 29.1 Å². The molecule has 2 fully saturated rings. The van der Waals surface area contributed by atoms with Gasteiger partial charge in [0, 0.05) is 42.3 Å². The number of ether oxygens (including phenoxy) is 1. The number of Topliss-reactive ketones (excluding diaryl/α,β-unsaturated/α-hetero) is 1. The van der Waals surface area contributed by atoms with E-state index in [4.69, 9.17) is 16.2 Å². The van der Waals surface area contributed by atoms with Gasteiger partial charge in [0.05, 0.1) is 24.5 Å². The largest absolute Gasteiger partial charge is 0.396 e. The third kappa shape index (κ3) is 9.64. The molecule has 9 heteroatoms. The molecule has 2 heterocycles. The molecule has 1 aromatic carbocycles. The number of fused-ring (bicyclic) bond motifs is 3. The van der Waals surface area contributed by atoms with Crippen LogP contribution in [-0.4, -0.2) is 63.6 Å². The highest BCUT2D eigenvalue weighted by molar-refractivity contribution is 8.76. The zero-order chi connectivity index (χ0) is 37.3. The zero-order valence-electron chi connectivity index (χ0n) is 30.9. The molecule has 2 bridgehead atoms. The predicted molar refractivity (Wildman–Crippen MR) is 215 cm³/mol. The van der Waals surface area contributed by atoms with Crippen LogP contribution in [0.2, 0.25) is 0 Å². The summed E-state index contributed by atoms with van der Waals surface area (Å²) < 4.78 is 6.54. The number of hydrogen-bond acceptors (Lipinski definition) is 9. The number of benzene rings is 1. The van der Waals surface area contributed by atoms with E-state index in [0.717, 1.165) is 65.0 Å². The van der Waals surface area contributed by atoms with E-state index in [-0.39, 0.29) is 36.8 Å². The quantitative estimate of drug-likeness (QED) is 0.0623. The molecule has 282 valence electrons. The first-order valence-electron chi connectivity index (χ1n) is 18.9. The lowest BCUT2D eigenvalue weighted by Gasteiger charge is -2.55. The van der Waals surface area contributed by atoms with Crippen LogP contribution in [0.15, 0.2) is 83.0 Å². The minimum absolute atomic E-state index is 0.000877. The van der Waals surface area contributed by atoms with E-state index in [2.05, 4.69) is 36.6 Å². The first-order chi connectivity index (χ1) is 25.0. The lowest BCUT2D eigenvalue weighted by molar-refractivity contribution is -0.168. The Labute approximate surface area is 318 Å². The number of carbonyl (C=O) groups is 1. The van der Waals surface area contributed by atoms with Gasteiger partial charge in [-0.1, -0.05) is 105 Å². The molecule has 52 heavy (non-hydrogen) atoms. The van der Waals surface area contributed by atoms with Gasteiger partial charge in [-0.15, -0.1) is 0 Å². The molecule has 0 aromatic heterocycles. The van der Waals surface area contributed by atoms with Gasteiger partial charge in [0.15, 0.2) is 5.78 Å². The number of aliphatic hydroxyl groups is 3. The highest BCUT2D eigenvalue weighted by Gasteiger charge is 2.64. The predicted octanol–water partition coefficient (Wildman–Crippen LogP) is 7.04. The van der Waals surface area contributed by atoms with Gasteiger partial charge >= 0.3 is 0 Å². The molecule has 2 aliphatic carbocycles. The summed E-state index contributed by atoms with van der Waals surface area (Å²) in [6, 6.07) is 7.52. The molecule has 1 spiro atoms. The summed E-state index contributed by atoms with van der Waals surface area (Å²) in [4.78, 5) is 13.9. The molecule has 7 nitrogen and oxygen atoms in total. The number of ketones is 1. The molecular weight excluding hydrogens is 689 g/mol. The lowest BCUT2D eigenvalue weighted by Crippen LogP contribution is -2.59. The van der Waals surface area contributed by atoms with Crippen molar-refractivity contribution in [3.8, 4) is 11.8 Å². The fourth-order valence-corrected chi connectivity index (χ4v) is 10.9. The number of carbonyl (C=O) groups excluding carboxylic acids is 1. The Kier molecular flexibility index (Phi) is 14.7. The van der Waals surface area contributed by atoms with Gasteiger partial charge in [0.1, 0.15) is 6.10 Å². The molecule has 0 radical (unpaired) electrons. The van der Waals surface area contributed by atoms with Crippen LogP contribution >= 0.6 is 21.6 Å². The highest BCUT2D eigenvalue weighted by atomic mass is 33.1. The van der Waals surface area contributed by atoms with Crippen LogP contribution in [0.1, 0.15) is 95.3 Å². The van der Waals surface area contributed by atoms with Crippen LogP contribution in [0.3, 0.4) is 0 Å². The summed E-state index contributed by atoms with van der Waals surface area (Å²) in [7, 11) is 3.66. The maximum absolute atomic E-state index is 13.9. The second-order valence-corrected chi connectivity index (χ2v) is 17.8. The van der Waals surface area contributed by atoms with E-state index < -0.39 is 23.3 Å². The van der Waals surface area contributed by atoms with Crippen LogP contribution in [-0.2, 0) is 16.0 Å². The summed E-state index contributed by atoms with van der Waals surface area (Å²) in [5.74, 6) is 8.03. The minimum Gasteiger partial charge on any atom is -0.396 e. The van der Waals surface area contributed by atoms with Crippen molar-refractivity contribution in [2.75, 3.05) is 24.7 Å². The van der Waals surface area contributed by atoms with Gasteiger partial charge in [-0.2, -0.15) is 0 Å². The van der Waals surface area contributed by atoms with Gasteiger partial charge in [0.25, 0.3) is 0 Å². The summed E-state index contributed by atoms with van der Waals surface area (Å²) in [5, 5.41) is 35.0. The Hall–Kier alpha value is -2.39. The Balaban J connectivity index is 1.48. The summed E-state index contributed by atoms with van der Waals surface area (Å²) in [6.45, 7) is 8.35. The minimum atomic E-state index is -1.19. The van der Waals surface area contributed by atoms with Gasteiger partial charge in [0.2, 0.25) is 0 Å². The van der Waals surface area contributed by atoms with Gasteiger partial charge < -0.3 is 31.5 Å². The van der Waals surface area contributed by atoms with Crippen LogP contribution < -0.4 is 11.5 Å². The Morgan fingerprint density at radius 2 is 2.02 bits per heavy atom. The van der Waals surface area contributed by atoms with E-state index in [1.54, 1.807) is 10.8 Å². The van der Waals surface area contributed by atoms with Crippen molar-refractivity contribution in [2.24, 2.45) is 28.7 Å². The second-order valence-electron chi connectivity index (χ2n) is 15.2. The van der Waals surface area contributed by atoms with E-state index in [1.165, 1.54) is 5.57 Å². The average molecular weight is 747 g/mol. The maximum atomic E-state index is 13.9. The van der Waals surface area contributed by atoms with Crippen molar-refractivity contribution in [3.63, 3.8) is 0 Å². The van der Waals surface area contributed by atoms with Gasteiger partial charge in [-0.05, 0) is 99.8 Å². The summed E-state index contributed by atoms with van der Waals surface area (Å²) in [5.41, 5.74) is 16.4. The zero-order valence-corrected chi connectivity index (χ0v) is 32.6. The van der Waals surface area contributed by atoms with Crippen LogP contribution in [0.4, 0.5) is 0 Å². The number of allylic oxidation sites excluding steroid dienone is 8. The Morgan fingerprint density at radius 1 is 1.19 bits per heavy atom. The summed E-state index contributed by atoms with van der Waals surface area (Å²) in [6.07, 6.45) is 13.8. The molecule has 1 aromatic rings. The van der Waals surface area contributed by atoms with Gasteiger partial charge in [-0.25, -0.2) is 0 Å². The maximum Gasteiger partial charge on any atom is 0.162 e. The van der Waals surface area contributed by atoms with E-state index in [1.807, 2.05) is 55.0 Å². The monoisotopic (exact) mass is 746 g/mol. The number of aliphatic hydroxyl groups excluding tert-OH is 2. The summed E-state index contributed by atoms with van der Waals surface area (Å²) >= 11 is 0. The van der Waals surface area contributed by atoms with Crippen LogP contribution in [0.25, 0.3) is 0 Å². The van der Waals surface area contributed by atoms with Crippen molar-refractivity contribution in [3.05, 3.63) is 94.1 Å². The molecule has 0 amide bonds. The first-order valence-corrected chi connectivity index (χ1v) is 21.4. The molecule has 0 saturated heterocycles.